The maximum Gasteiger partial charge on any atom is 0.252 e. The van der Waals surface area contributed by atoms with Crippen LogP contribution in [0.2, 0.25) is 0 Å². The highest BCUT2D eigenvalue weighted by Gasteiger charge is 2.14. The maximum absolute atomic E-state index is 12.4. The number of nitrogens with one attached hydrogen (secondary N) is 1. The molecule has 1 atom stereocenters. The lowest BCUT2D eigenvalue weighted by Gasteiger charge is -2.12. The van der Waals surface area contributed by atoms with E-state index in [1.54, 1.807) is 11.8 Å². The van der Waals surface area contributed by atoms with Crippen molar-refractivity contribution >= 4 is 30.1 Å². The Morgan fingerprint density at radius 3 is 2.71 bits per heavy atom. The van der Waals surface area contributed by atoms with Gasteiger partial charge in [0.25, 0.3) is 5.91 Å². The van der Waals surface area contributed by atoms with Crippen molar-refractivity contribution in [2.75, 3.05) is 13.1 Å². The summed E-state index contributed by atoms with van der Waals surface area (Å²) >= 11 is 1.62. The number of nitrogens with zero attached hydrogens (tertiary/aromatic N) is 1. The second kappa shape index (κ2) is 9.71. The molecule has 1 aromatic heterocycles. The number of aromatic nitrogens is 1. The molecule has 0 spiro atoms. The zero-order chi connectivity index (χ0) is 16.8. The van der Waals surface area contributed by atoms with Crippen LogP contribution in [0.1, 0.15) is 34.3 Å². The largest absolute Gasteiger partial charge is 0.361 e. The molecule has 0 aliphatic rings. The molecular weight excluding hydrogens is 346 g/mol. The Kier molecular flexibility index (Phi) is 8.31. The Balaban J connectivity index is 0.00000288. The first-order chi connectivity index (χ1) is 11.0. The fourth-order valence-electron chi connectivity index (χ4n) is 2.08. The van der Waals surface area contributed by atoms with Crippen LogP contribution in [0.25, 0.3) is 0 Å². The van der Waals surface area contributed by atoms with E-state index < -0.39 is 0 Å². The Hall–Kier alpha value is -1.50. The number of benzene rings is 1. The Labute approximate surface area is 153 Å². The highest BCUT2D eigenvalue weighted by atomic mass is 35.5. The van der Waals surface area contributed by atoms with E-state index in [-0.39, 0.29) is 24.2 Å². The third-order valence-corrected chi connectivity index (χ3v) is 4.80. The minimum atomic E-state index is -0.0628. The molecule has 2 rings (SSSR count). The molecule has 2 aromatic rings. The Morgan fingerprint density at radius 1 is 1.38 bits per heavy atom. The van der Waals surface area contributed by atoms with Gasteiger partial charge >= 0.3 is 0 Å². The average molecular weight is 370 g/mol. The standard InChI is InChI=1S/C17H23N3O2S.ClH/c1-11(8-18)9-19-17(21)14-6-4-5-7-16(14)23-10-15-12(2)20-22-13(15)3;/h4-7,11H,8-10,18H2,1-3H3,(H,19,21);1H. The lowest BCUT2D eigenvalue weighted by atomic mass is 10.1. The quantitative estimate of drug-likeness (QED) is 0.731. The molecule has 3 N–H and O–H groups in total. The average Bonchev–Trinajstić information content (AvgIpc) is 2.89. The maximum atomic E-state index is 12.4. The number of amides is 1. The minimum Gasteiger partial charge on any atom is -0.361 e. The van der Waals surface area contributed by atoms with E-state index in [0.29, 0.717) is 18.7 Å². The van der Waals surface area contributed by atoms with Gasteiger partial charge in [-0.3, -0.25) is 4.79 Å². The highest BCUT2D eigenvalue weighted by Crippen LogP contribution is 2.28. The van der Waals surface area contributed by atoms with Gasteiger partial charge in [0.2, 0.25) is 0 Å². The van der Waals surface area contributed by atoms with Crippen LogP contribution in [0, 0.1) is 19.8 Å². The van der Waals surface area contributed by atoms with Crippen LogP contribution in [0.3, 0.4) is 0 Å². The molecule has 1 amide bonds. The first kappa shape index (κ1) is 20.5. The summed E-state index contributed by atoms with van der Waals surface area (Å²) < 4.78 is 5.18. The van der Waals surface area contributed by atoms with Gasteiger partial charge in [0, 0.05) is 22.8 Å². The molecule has 24 heavy (non-hydrogen) atoms. The third kappa shape index (κ3) is 5.26. The fourth-order valence-corrected chi connectivity index (χ4v) is 3.29. The van der Waals surface area contributed by atoms with Crippen molar-refractivity contribution in [2.45, 2.75) is 31.4 Å². The van der Waals surface area contributed by atoms with E-state index in [1.807, 2.05) is 45.0 Å². The van der Waals surface area contributed by atoms with Crippen LogP contribution in [0.4, 0.5) is 0 Å². The molecule has 1 heterocycles. The summed E-state index contributed by atoms with van der Waals surface area (Å²) in [5.41, 5.74) is 8.26. The number of thioether (sulfide) groups is 1. The van der Waals surface area contributed by atoms with Crippen LogP contribution in [-0.4, -0.2) is 24.2 Å². The first-order valence-corrected chi connectivity index (χ1v) is 8.63. The van der Waals surface area contributed by atoms with Gasteiger partial charge in [0.05, 0.1) is 11.3 Å². The predicted octanol–water partition coefficient (Wildman–Crippen LogP) is 3.33. The monoisotopic (exact) mass is 369 g/mol. The molecule has 0 aliphatic heterocycles. The van der Waals surface area contributed by atoms with E-state index >= 15 is 0 Å². The number of carbonyl (C=O) groups excluding carboxylic acids is 1. The summed E-state index contributed by atoms with van der Waals surface area (Å²) in [6.45, 7) is 6.99. The Morgan fingerprint density at radius 2 is 2.08 bits per heavy atom. The lowest BCUT2D eigenvalue weighted by molar-refractivity contribution is 0.0945. The minimum absolute atomic E-state index is 0. The molecular formula is C17H24ClN3O2S. The fraction of sp³-hybridized carbons (Fsp3) is 0.412. The molecule has 0 aliphatic carbocycles. The molecule has 0 saturated heterocycles. The second-order valence-corrected chi connectivity index (χ2v) is 6.66. The molecule has 5 nitrogen and oxygen atoms in total. The predicted molar refractivity (Wildman–Crippen MR) is 99.8 cm³/mol. The number of aryl methyl sites for hydroxylation is 2. The van der Waals surface area contributed by atoms with Crippen molar-refractivity contribution in [3.8, 4) is 0 Å². The SMILES string of the molecule is Cc1noc(C)c1CSc1ccccc1C(=O)NCC(C)CN.Cl. The number of rotatable bonds is 7. The summed E-state index contributed by atoms with van der Waals surface area (Å²) in [5.74, 6) is 1.76. The van der Waals surface area contributed by atoms with E-state index in [1.165, 1.54) is 0 Å². The summed E-state index contributed by atoms with van der Waals surface area (Å²) in [4.78, 5) is 13.3. The lowest BCUT2D eigenvalue weighted by Crippen LogP contribution is -2.31. The van der Waals surface area contributed by atoms with E-state index in [9.17, 15) is 4.79 Å². The van der Waals surface area contributed by atoms with Gasteiger partial charge < -0.3 is 15.6 Å². The molecule has 0 bridgehead atoms. The van der Waals surface area contributed by atoms with Crippen molar-refractivity contribution in [3.05, 3.63) is 46.8 Å². The third-order valence-electron chi connectivity index (χ3n) is 3.70. The van der Waals surface area contributed by atoms with Gasteiger partial charge in [-0.05, 0) is 38.4 Å². The molecule has 0 fully saturated rings. The van der Waals surface area contributed by atoms with Crippen LogP contribution in [0.5, 0.6) is 0 Å². The Bertz CT molecular complexity index is 656. The molecule has 7 heteroatoms. The van der Waals surface area contributed by atoms with Gasteiger partial charge in [-0.25, -0.2) is 0 Å². The van der Waals surface area contributed by atoms with Gasteiger partial charge in [0.1, 0.15) is 5.76 Å². The van der Waals surface area contributed by atoms with Crippen molar-refractivity contribution in [1.29, 1.82) is 0 Å². The van der Waals surface area contributed by atoms with Crippen molar-refractivity contribution in [3.63, 3.8) is 0 Å². The number of halogens is 1. The summed E-state index contributed by atoms with van der Waals surface area (Å²) in [5, 5.41) is 6.91. The number of hydrogen-bond donors (Lipinski definition) is 2. The number of hydrogen-bond acceptors (Lipinski definition) is 5. The van der Waals surface area contributed by atoms with Gasteiger partial charge in [-0.2, -0.15) is 0 Å². The smallest absolute Gasteiger partial charge is 0.252 e. The number of nitrogens with two attached hydrogens (primary N) is 1. The van der Waals surface area contributed by atoms with Crippen molar-refractivity contribution < 1.29 is 9.32 Å². The van der Waals surface area contributed by atoms with Gasteiger partial charge in [-0.1, -0.05) is 24.2 Å². The molecule has 1 aromatic carbocycles. The van der Waals surface area contributed by atoms with E-state index in [0.717, 1.165) is 27.7 Å². The zero-order valence-corrected chi connectivity index (χ0v) is 15.8. The van der Waals surface area contributed by atoms with Gasteiger partial charge in [0.15, 0.2) is 0 Å². The zero-order valence-electron chi connectivity index (χ0n) is 14.2. The van der Waals surface area contributed by atoms with Gasteiger partial charge in [-0.15, -0.1) is 24.2 Å². The van der Waals surface area contributed by atoms with E-state index in [2.05, 4.69) is 10.5 Å². The first-order valence-electron chi connectivity index (χ1n) is 7.64. The molecule has 0 saturated carbocycles. The van der Waals surface area contributed by atoms with Crippen molar-refractivity contribution in [2.24, 2.45) is 11.7 Å². The molecule has 132 valence electrons. The molecule has 1 unspecified atom stereocenters. The summed E-state index contributed by atoms with van der Waals surface area (Å²) in [6, 6.07) is 7.62. The highest BCUT2D eigenvalue weighted by molar-refractivity contribution is 7.98. The second-order valence-electron chi connectivity index (χ2n) is 5.64. The van der Waals surface area contributed by atoms with Crippen molar-refractivity contribution in [1.82, 2.24) is 10.5 Å². The molecule has 0 radical (unpaired) electrons. The summed E-state index contributed by atoms with van der Waals surface area (Å²) in [6.07, 6.45) is 0. The topological polar surface area (TPSA) is 81.2 Å². The van der Waals surface area contributed by atoms with Crippen LogP contribution >= 0.6 is 24.2 Å². The van der Waals surface area contributed by atoms with Crippen LogP contribution < -0.4 is 11.1 Å². The number of carbonyl (C=O) groups is 1. The normalized spacial score (nSPS) is 11.7. The van der Waals surface area contributed by atoms with Crippen LogP contribution in [-0.2, 0) is 5.75 Å². The van der Waals surface area contributed by atoms with E-state index in [4.69, 9.17) is 10.3 Å². The summed E-state index contributed by atoms with van der Waals surface area (Å²) in [7, 11) is 0. The van der Waals surface area contributed by atoms with Crippen LogP contribution in [0.15, 0.2) is 33.7 Å².